The van der Waals surface area contributed by atoms with Crippen molar-refractivity contribution in [3.63, 3.8) is 0 Å². The van der Waals surface area contributed by atoms with E-state index in [9.17, 15) is 19.2 Å². The van der Waals surface area contributed by atoms with E-state index >= 15 is 0 Å². The fraction of sp³-hybridized carbons (Fsp3) is 0.400. The van der Waals surface area contributed by atoms with Crippen LogP contribution in [0.2, 0.25) is 0 Å². The average molecular weight is 723 g/mol. The first-order valence-electron chi connectivity index (χ1n) is 15.9. The second-order valence-electron chi connectivity index (χ2n) is 12.1. The minimum atomic E-state index is -0.522. The molecule has 5 rings (SSSR count). The molecule has 12 heteroatoms. The maximum absolute atomic E-state index is 13.8. The number of aromatic nitrogens is 1. The van der Waals surface area contributed by atoms with Crippen molar-refractivity contribution < 1.29 is 23.9 Å². The fourth-order valence-corrected chi connectivity index (χ4v) is 6.03. The summed E-state index contributed by atoms with van der Waals surface area (Å²) >= 11 is 4.91. The maximum atomic E-state index is 13.8. The Morgan fingerprint density at radius 3 is 2.60 bits per heavy atom. The lowest BCUT2D eigenvalue weighted by molar-refractivity contribution is -0.122. The lowest BCUT2D eigenvalue weighted by Crippen LogP contribution is -2.49. The monoisotopic (exact) mass is 721 g/mol. The SMILES string of the molecule is C[C@H](NC[C@H](Cc1cscn1)NC(=O)c1cc(C(=O)/C=C/[C@H](C)c2ccc(Br)cc2)cc(N2CCCOC2=O)c1)C(=O)NCC1CC1. The number of anilines is 1. The third-order valence-electron chi connectivity index (χ3n) is 8.28. The van der Waals surface area contributed by atoms with Gasteiger partial charge in [0.1, 0.15) is 0 Å². The topological polar surface area (TPSA) is 130 Å². The summed E-state index contributed by atoms with van der Waals surface area (Å²) in [4.78, 5) is 58.4. The van der Waals surface area contributed by atoms with Gasteiger partial charge in [-0.2, -0.15) is 0 Å². The van der Waals surface area contributed by atoms with Crippen LogP contribution in [0.25, 0.3) is 0 Å². The molecule has 3 amide bonds. The molecule has 1 saturated carbocycles. The molecule has 2 heterocycles. The van der Waals surface area contributed by atoms with Gasteiger partial charge < -0.3 is 20.7 Å². The third-order valence-corrected chi connectivity index (χ3v) is 9.44. The Morgan fingerprint density at radius 1 is 1.13 bits per heavy atom. The summed E-state index contributed by atoms with van der Waals surface area (Å²) < 4.78 is 6.22. The number of allylic oxidation sites excluding steroid dienone is 2. The van der Waals surface area contributed by atoms with Gasteiger partial charge in [-0.05, 0) is 80.0 Å². The first-order chi connectivity index (χ1) is 22.7. The number of ketones is 1. The van der Waals surface area contributed by atoms with Gasteiger partial charge in [0.2, 0.25) is 5.91 Å². The van der Waals surface area contributed by atoms with Crippen LogP contribution in [0.1, 0.15) is 71.0 Å². The quantitative estimate of drug-likeness (QED) is 0.137. The summed E-state index contributed by atoms with van der Waals surface area (Å²) in [6.45, 7) is 5.53. The molecule has 2 aliphatic rings. The molecule has 0 unspecified atom stereocenters. The van der Waals surface area contributed by atoms with Crippen LogP contribution >= 0.6 is 27.3 Å². The number of cyclic esters (lactones) is 1. The van der Waals surface area contributed by atoms with E-state index in [2.05, 4.69) is 36.9 Å². The summed E-state index contributed by atoms with van der Waals surface area (Å²) in [5.41, 5.74) is 4.53. The Kier molecular flexibility index (Phi) is 12.0. The second-order valence-corrected chi connectivity index (χ2v) is 13.8. The first-order valence-corrected chi connectivity index (χ1v) is 17.7. The molecular formula is C35H40BrN5O5S. The second kappa shape index (κ2) is 16.3. The first kappa shape index (κ1) is 34.5. The van der Waals surface area contributed by atoms with Gasteiger partial charge in [0.05, 0.1) is 23.9 Å². The minimum Gasteiger partial charge on any atom is -0.449 e. The van der Waals surface area contributed by atoms with Gasteiger partial charge in [-0.3, -0.25) is 19.3 Å². The highest BCUT2D eigenvalue weighted by molar-refractivity contribution is 9.10. The molecule has 1 aliphatic carbocycles. The van der Waals surface area contributed by atoms with Gasteiger partial charge >= 0.3 is 6.09 Å². The number of nitrogens with zero attached hydrogens (tertiary/aromatic N) is 2. The van der Waals surface area contributed by atoms with Crippen LogP contribution in [-0.2, 0) is 16.0 Å². The third kappa shape index (κ3) is 10.1. The van der Waals surface area contributed by atoms with E-state index in [1.54, 1.807) is 30.6 Å². The van der Waals surface area contributed by atoms with Gasteiger partial charge in [0.15, 0.2) is 5.78 Å². The maximum Gasteiger partial charge on any atom is 0.414 e. The van der Waals surface area contributed by atoms with Crippen molar-refractivity contribution in [1.29, 1.82) is 0 Å². The Bertz CT molecular complexity index is 1590. The van der Waals surface area contributed by atoms with Crippen LogP contribution in [-0.4, -0.2) is 67.0 Å². The van der Waals surface area contributed by atoms with E-state index in [0.717, 1.165) is 28.6 Å². The summed E-state index contributed by atoms with van der Waals surface area (Å²) in [5, 5.41) is 11.2. The number of carbonyl (C=O) groups excluding carboxylic acids is 4. The molecule has 0 radical (unpaired) electrons. The molecule has 1 saturated heterocycles. The number of carbonyl (C=O) groups is 4. The fourth-order valence-electron chi connectivity index (χ4n) is 5.20. The summed E-state index contributed by atoms with van der Waals surface area (Å²) in [6.07, 6.45) is 6.18. The zero-order valence-electron chi connectivity index (χ0n) is 26.5. The number of amides is 3. The van der Waals surface area contributed by atoms with Gasteiger partial charge in [-0.15, -0.1) is 11.3 Å². The molecule has 0 bridgehead atoms. The molecule has 1 aliphatic heterocycles. The molecule has 2 fully saturated rings. The number of hydrogen-bond acceptors (Lipinski definition) is 8. The number of thiazole rings is 1. The van der Waals surface area contributed by atoms with Gasteiger partial charge in [0.25, 0.3) is 5.91 Å². The van der Waals surface area contributed by atoms with Crippen molar-refractivity contribution in [2.24, 2.45) is 5.92 Å². The number of benzene rings is 2. The number of hydrogen-bond donors (Lipinski definition) is 3. The molecule has 3 aromatic rings. The number of nitrogens with one attached hydrogen (secondary N) is 3. The smallest absolute Gasteiger partial charge is 0.414 e. The van der Waals surface area contributed by atoms with Crippen LogP contribution in [0.4, 0.5) is 10.5 Å². The van der Waals surface area contributed by atoms with Crippen LogP contribution in [0.5, 0.6) is 0 Å². The van der Waals surface area contributed by atoms with E-state index in [1.165, 1.54) is 22.3 Å². The van der Waals surface area contributed by atoms with Crippen molar-refractivity contribution >= 4 is 56.6 Å². The number of rotatable bonds is 15. The predicted molar refractivity (Wildman–Crippen MR) is 186 cm³/mol. The Morgan fingerprint density at radius 2 is 1.89 bits per heavy atom. The molecule has 3 N–H and O–H groups in total. The lowest BCUT2D eigenvalue weighted by atomic mass is 9.98. The van der Waals surface area contributed by atoms with E-state index in [4.69, 9.17) is 4.74 Å². The summed E-state index contributed by atoms with van der Waals surface area (Å²) in [5.74, 6) is -0.226. The van der Waals surface area contributed by atoms with Crippen molar-refractivity contribution in [2.45, 2.75) is 57.5 Å². The highest BCUT2D eigenvalue weighted by Gasteiger charge is 2.26. The van der Waals surface area contributed by atoms with Gasteiger partial charge in [0, 0.05) is 58.8 Å². The predicted octanol–water partition coefficient (Wildman–Crippen LogP) is 5.64. The lowest BCUT2D eigenvalue weighted by Gasteiger charge is -2.27. The highest BCUT2D eigenvalue weighted by Crippen LogP contribution is 2.27. The normalized spacial score (nSPS) is 16.7. The molecule has 0 spiro atoms. The number of halogens is 1. The van der Waals surface area contributed by atoms with E-state index < -0.39 is 24.1 Å². The summed E-state index contributed by atoms with van der Waals surface area (Å²) in [7, 11) is 0. The molecular weight excluding hydrogens is 682 g/mol. The molecule has 3 atom stereocenters. The van der Waals surface area contributed by atoms with Crippen molar-refractivity contribution in [2.75, 3.05) is 31.1 Å². The van der Waals surface area contributed by atoms with E-state index in [0.29, 0.717) is 50.7 Å². The molecule has 2 aromatic carbocycles. The van der Waals surface area contributed by atoms with E-state index in [1.807, 2.05) is 42.6 Å². The van der Waals surface area contributed by atoms with Crippen molar-refractivity contribution in [3.05, 3.63) is 92.4 Å². The largest absolute Gasteiger partial charge is 0.449 e. The van der Waals surface area contributed by atoms with Crippen LogP contribution in [0.15, 0.2) is 70.0 Å². The molecule has 248 valence electrons. The molecule has 1 aromatic heterocycles. The van der Waals surface area contributed by atoms with Gasteiger partial charge in [-0.25, -0.2) is 9.78 Å². The standard InChI is InChI=1S/C35H40BrN5O5S/c1-22(25-7-9-28(36)10-8-25)4-11-32(42)26-14-27(16-31(15-26)41-12-3-13-46-35(41)45)34(44)40-29(17-30-20-47-21-39-30)19-37-23(2)33(43)38-18-24-5-6-24/h4,7-11,14-16,20-24,29,37H,3,5-6,12-13,17-19H2,1-2H3,(H,38,43)(H,40,44)/b11-4+/t22-,23-,29-/m0/s1. The van der Waals surface area contributed by atoms with Crippen molar-refractivity contribution in [1.82, 2.24) is 20.9 Å². The average Bonchev–Trinajstić information content (AvgIpc) is 3.77. The van der Waals surface area contributed by atoms with E-state index in [-0.39, 0.29) is 28.7 Å². The highest BCUT2D eigenvalue weighted by atomic mass is 79.9. The number of ether oxygens (including phenoxy) is 1. The Hall–Kier alpha value is -3.87. The van der Waals surface area contributed by atoms with Crippen LogP contribution < -0.4 is 20.9 Å². The molecule has 10 nitrogen and oxygen atoms in total. The molecule has 47 heavy (non-hydrogen) atoms. The van der Waals surface area contributed by atoms with Crippen LogP contribution in [0, 0.1) is 5.92 Å². The van der Waals surface area contributed by atoms with Crippen molar-refractivity contribution in [3.8, 4) is 0 Å². The van der Waals surface area contributed by atoms with Gasteiger partial charge in [-0.1, -0.05) is 41.1 Å². The van der Waals surface area contributed by atoms with Crippen LogP contribution in [0.3, 0.4) is 0 Å². The Balaban J connectivity index is 1.34. The Labute approximate surface area is 287 Å². The zero-order valence-corrected chi connectivity index (χ0v) is 28.9. The summed E-state index contributed by atoms with van der Waals surface area (Å²) in [6, 6.07) is 11.8. The zero-order chi connectivity index (χ0) is 33.3. The minimum absolute atomic E-state index is 0.0211.